The van der Waals surface area contributed by atoms with E-state index in [0.717, 1.165) is 10.0 Å². The molecule has 0 amide bonds. The smallest absolute Gasteiger partial charge is 0.130 e. The van der Waals surface area contributed by atoms with Gasteiger partial charge in [-0.05, 0) is 23.8 Å². The molecule has 0 spiro atoms. The Hall–Kier alpha value is -0.940. The Labute approximate surface area is 130 Å². The Morgan fingerprint density at radius 1 is 1.20 bits per heavy atom. The van der Waals surface area contributed by atoms with E-state index in [0.29, 0.717) is 5.02 Å². The molecule has 2 atom stereocenters. The van der Waals surface area contributed by atoms with Gasteiger partial charge < -0.3 is 10.8 Å². The maximum absolute atomic E-state index is 13.9. The van der Waals surface area contributed by atoms with Gasteiger partial charge in [-0.3, -0.25) is 0 Å². The summed E-state index contributed by atoms with van der Waals surface area (Å²) in [6, 6.07) is 11.7. The highest BCUT2D eigenvalue weighted by Gasteiger charge is 2.25. The van der Waals surface area contributed by atoms with E-state index < -0.39 is 17.8 Å². The third-order valence-corrected chi connectivity index (χ3v) is 4.18. The van der Waals surface area contributed by atoms with Gasteiger partial charge in [-0.2, -0.15) is 0 Å². The van der Waals surface area contributed by atoms with Crippen molar-refractivity contribution in [2.24, 2.45) is 5.73 Å². The Bertz CT molecular complexity index is 608. The number of hydrogen-bond donors (Lipinski definition) is 2. The standard InChI is InChI=1S/C15H14BrClFNO/c16-13-4-2-1-3-10(13)12(8-19)15(20)11-6-5-9(17)7-14(11)18/h1-7,12,15,20H,8,19H2. The molecule has 20 heavy (non-hydrogen) atoms. The number of hydrogen-bond acceptors (Lipinski definition) is 2. The molecule has 2 aromatic rings. The van der Waals surface area contributed by atoms with Crippen LogP contribution in [0.4, 0.5) is 4.39 Å². The van der Waals surface area contributed by atoms with Crippen molar-refractivity contribution in [2.75, 3.05) is 6.54 Å². The summed E-state index contributed by atoms with van der Waals surface area (Å²) in [5, 5.41) is 10.7. The van der Waals surface area contributed by atoms with Gasteiger partial charge in [0.15, 0.2) is 0 Å². The summed E-state index contributed by atoms with van der Waals surface area (Å²) in [6.45, 7) is 0.200. The molecule has 2 rings (SSSR count). The van der Waals surface area contributed by atoms with Crippen LogP contribution in [-0.2, 0) is 0 Å². The monoisotopic (exact) mass is 357 g/mol. The first-order chi connectivity index (χ1) is 9.54. The zero-order valence-electron chi connectivity index (χ0n) is 10.6. The van der Waals surface area contributed by atoms with Crippen molar-refractivity contribution in [2.45, 2.75) is 12.0 Å². The second-order valence-electron chi connectivity index (χ2n) is 4.47. The van der Waals surface area contributed by atoms with Crippen molar-refractivity contribution in [3.8, 4) is 0 Å². The number of halogens is 3. The van der Waals surface area contributed by atoms with E-state index >= 15 is 0 Å². The van der Waals surface area contributed by atoms with Gasteiger partial charge in [0, 0.05) is 27.5 Å². The summed E-state index contributed by atoms with van der Waals surface area (Å²) in [5.74, 6) is -0.934. The molecule has 0 aliphatic rings. The second kappa shape index (κ2) is 6.68. The number of aliphatic hydroxyl groups excluding tert-OH is 1. The van der Waals surface area contributed by atoms with Crippen molar-refractivity contribution in [3.05, 3.63) is 68.9 Å². The molecule has 2 aromatic carbocycles. The molecule has 106 valence electrons. The van der Waals surface area contributed by atoms with Crippen molar-refractivity contribution in [1.82, 2.24) is 0 Å². The van der Waals surface area contributed by atoms with Crippen LogP contribution < -0.4 is 5.73 Å². The third kappa shape index (κ3) is 3.20. The van der Waals surface area contributed by atoms with Gasteiger partial charge in [0.2, 0.25) is 0 Å². The molecule has 0 aliphatic heterocycles. The van der Waals surface area contributed by atoms with Gasteiger partial charge in [-0.1, -0.05) is 51.8 Å². The van der Waals surface area contributed by atoms with E-state index in [2.05, 4.69) is 15.9 Å². The van der Waals surface area contributed by atoms with Gasteiger partial charge in [-0.25, -0.2) is 4.39 Å². The fourth-order valence-electron chi connectivity index (χ4n) is 2.16. The molecule has 0 fully saturated rings. The van der Waals surface area contributed by atoms with Crippen molar-refractivity contribution in [1.29, 1.82) is 0 Å². The van der Waals surface area contributed by atoms with Crippen LogP contribution in [-0.4, -0.2) is 11.7 Å². The van der Waals surface area contributed by atoms with Crippen LogP contribution in [0.2, 0.25) is 5.02 Å². The Kier molecular flexibility index (Phi) is 5.16. The van der Waals surface area contributed by atoms with E-state index in [4.69, 9.17) is 17.3 Å². The number of rotatable bonds is 4. The maximum atomic E-state index is 13.9. The fourth-order valence-corrected chi connectivity index (χ4v) is 2.90. The third-order valence-electron chi connectivity index (χ3n) is 3.22. The van der Waals surface area contributed by atoms with Gasteiger partial charge in [-0.15, -0.1) is 0 Å². The molecule has 0 aromatic heterocycles. The first kappa shape index (κ1) is 15.4. The van der Waals surface area contributed by atoms with Crippen LogP contribution >= 0.6 is 27.5 Å². The van der Waals surface area contributed by atoms with Crippen molar-refractivity contribution in [3.63, 3.8) is 0 Å². The first-order valence-corrected chi connectivity index (χ1v) is 7.29. The number of aliphatic hydroxyl groups is 1. The van der Waals surface area contributed by atoms with E-state index in [9.17, 15) is 9.50 Å². The topological polar surface area (TPSA) is 46.2 Å². The van der Waals surface area contributed by atoms with Crippen LogP contribution in [0, 0.1) is 5.82 Å². The van der Waals surface area contributed by atoms with Crippen LogP contribution in [0.3, 0.4) is 0 Å². The summed E-state index contributed by atoms with van der Waals surface area (Å²) in [4.78, 5) is 0. The predicted octanol–water partition coefficient (Wildman–Crippen LogP) is 4.02. The van der Waals surface area contributed by atoms with Gasteiger partial charge in [0.25, 0.3) is 0 Å². The van der Waals surface area contributed by atoms with Crippen LogP contribution in [0.25, 0.3) is 0 Å². The molecule has 0 heterocycles. The minimum Gasteiger partial charge on any atom is -0.388 e. The van der Waals surface area contributed by atoms with Crippen LogP contribution in [0.15, 0.2) is 46.9 Å². The molecule has 0 radical (unpaired) electrons. The Morgan fingerprint density at radius 3 is 2.50 bits per heavy atom. The lowest BCUT2D eigenvalue weighted by Crippen LogP contribution is -2.21. The van der Waals surface area contributed by atoms with E-state index in [1.54, 1.807) is 6.07 Å². The maximum Gasteiger partial charge on any atom is 0.130 e. The minimum atomic E-state index is -1.03. The van der Waals surface area contributed by atoms with E-state index in [-0.39, 0.29) is 12.1 Å². The summed E-state index contributed by atoms with van der Waals surface area (Å²) < 4.78 is 14.8. The zero-order chi connectivity index (χ0) is 14.7. The van der Waals surface area contributed by atoms with Gasteiger partial charge in [0.1, 0.15) is 5.82 Å². The highest BCUT2D eigenvalue weighted by Crippen LogP contribution is 2.35. The number of benzene rings is 2. The van der Waals surface area contributed by atoms with E-state index in [1.165, 1.54) is 12.1 Å². The molecule has 2 nitrogen and oxygen atoms in total. The molecule has 0 saturated carbocycles. The lowest BCUT2D eigenvalue weighted by Gasteiger charge is -2.23. The molecule has 0 aliphatic carbocycles. The summed E-state index contributed by atoms with van der Waals surface area (Å²) >= 11 is 9.15. The molecular weight excluding hydrogens is 345 g/mol. The fraction of sp³-hybridized carbons (Fsp3) is 0.200. The zero-order valence-corrected chi connectivity index (χ0v) is 12.9. The molecule has 5 heteroatoms. The van der Waals surface area contributed by atoms with Gasteiger partial charge >= 0.3 is 0 Å². The normalized spacial score (nSPS) is 14.1. The SMILES string of the molecule is NCC(c1ccccc1Br)C(O)c1ccc(Cl)cc1F. The lowest BCUT2D eigenvalue weighted by atomic mass is 9.89. The summed E-state index contributed by atoms with van der Waals surface area (Å²) in [5.41, 5.74) is 6.80. The molecule has 2 unspecified atom stereocenters. The largest absolute Gasteiger partial charge is 0.388 e. The second-order valence-corrected chi connectivity index (χ2v) is 5.77. The number of nitrogens with two attached hydrogens (primary N) is 1. The first-order valence-electron chi connectivity index (χ1n) is 6.12. The Balaban J connectivity index is 2.39. The molecular formula is C15H14BrClFNO. The van der Waals surface area contributed by atoms with E-state index in [1.807, 2.05) is 24.3 Å². The van der Waals surface area contributed by atoms with Crippen molar-refractivity contribution >= 4 is 27.5 Å². The molecule has 3 N–H and O–H groups in total. The highest BCUT2D eigenvalue weighted by molar-refractivity contribution is 9.10. The molecule has 0 saturated heterocycles. The predicted molar refractivity (Wildman–Crippen MR) is 82.3 cm³/mol. The minimum absolute atomic E-state index is 0.195. The summed E-state index contributed by atoms with van der Waals surface area (Å²) in [7, 11) is 0. The lowest BCUT2D eigenvalue weighted by molar-refractivity contribution is 0.143. The van der Waals surface area contributed by atoms with Crippen molar-refractivity contribution < 1.29 is 9.50 Å². The van der Waals surface area contributed by atoms with Crippen LogP contribution in [0.5, 0.6) is 0 Å². The highest BCUT2D eigenvalue weighted by atomic mass is 79.9. The van der Waals surface area contributed by atoms with Gasteiger partial charge in [0.05, 0.1) is 6.10 Å². The quantitative estimate of drug-likeness (QED) is 0.867. The average molecular weight is 359 g/mol. The average Bonchev–Trinajstić information content (AvgIpc) is 2.41. The summed E-state index contributed by atoms with van der Waals surface area (Å²) in [6.07, 6.45) is -1.03. The van der Waals surface area contributed by atoms with Crippen LogP contribution in [0.1, 0.15) is 23.1 Å². The Morgan fingerprint density at radius 2 is 1.90 bits per heavy atom. The molecule has 0 bridgehead atoms.